The lowest BCUT2D eigenvalue weighted by Crippen LogP contribution is -2.22. The molecule has 0 aromatic heterocycles. The van der Waals surface area contributed by atoms with E-state index in [1.165, 1.54) is 6.21 Å². The lowest BCUT2D eigenvalue weighted by atomic mass is 10.2. The summed E-state index contributed by atoms with van der Waals surface area (Å²) in [5, 5.41) is 3.55. The van der Waals surface area contributed by atoms with Crippen molar-refractivity contribution in [1.82, 2.24) is 5.43 Å². The molecule has 1 N–H and O–H groups in total. The summed E-state index contributed by atoms with van der Waals surface area (Å²) in [5.74, 6) is 0.187. The molecule has 0 unspecified atom stereocenters. The Balaban J connectivity index is 3.49. The monoisotopic (exact) mass is 162 g/mol. The summed E-state index contributed by atoms with van der Waals surface area (Å²) in [5.41, 5.74) is 2.33. The van der Waals surface area contributed by atoms with Crippen molar-refractivity contribution < 1.29 is 4.79 Å². The average Bonchev–Trinajstić information content (AvgIpc) is 1.88. The number of alkyl halides is 1. The SMILES string of the molecule is CC(C)C(=O)N/N=C\CCl. The zero-order valence-electron chi connectivity index (χ0n) is 6.10. The molecule has 3 nitrogen and oxygen atoms in total. The van der Waals surface area contributed by atoms with E-state index in [4.69, 9.17) is 11.6 Å². The number of rotatable bonds is 3. The molecule has 0 fully saturated rings. The van der Waals surface area contributed by atoms with Gasteiger partial charge in [0.1, 0.15) is 0 Å². The van der Waals surface area contributed by atoms with Gasteiger partial charge in [-0.15, -0.1) is 11.6 Å². The maximum Gasteiger partial charge on any atom is 0.242 e. The summed E-state index contributed by atoms with van der Waals surface area (Å²) in [6, 6.07) is 0. The quantitative estimate of drug-likeness (QED) is 0.375. The van der Waals surface area contributed by atoms with Crippen molar-refractivity contribution in [3.63, 3.8) is 0 Å². The summed E-state index contributed by atoms with van der Waals surface area (Å²) >= 11 is 5.26. The van der Waals surface area contributed by atoms with E-state index in [1.54, 1.807) is 13.8 Å². The summed E-state index contributed by atoms with van der Waals surface area (Å²) in [7, 11) is 0. The zero-order chi connectivity index (χ0) is 7.98. The Labute approximate surface area is 65.4 Å². The molecule has 58 valence electrons. The molecule has 0 spiro atoms. The number of hydrazone groups is 1. The third kappa shape index (κ3) is 4.32. The van der Waals surface area contributed by atoms with Crippen LogP contribution in [0.25, 0.3) is 0 Å². The van der Waals surface area contributed by atoms with E-state index in [2.05, 4.69) is 10.5 Å². The van der Waals surface area contributed by atoms with Crippen molar-refractivity contribution in [3.05, 3.63) is 0 Å². The zero-order valence-corrected chi connectivity index (χ0v) is 6.85. The number of hydrogen-bond acceptors (Lipinski definition) is 2. The van der Waals surface area contributed by atoms with Crippen LogP contribution in [0.3, 0.4) is 0 Å². The fourth-order valence-electron chi connectivity index (χ4n) is 0.273. The largest absolute Gasteiger partial charge is 0.273 e. The van der Waals surface area contributed by atoms with Crippen LogP contribution < -0.4 is 5.43 Å². The minimum absolute atomic E-state index is 0.0347. The van der Waals surface area contributed by atoms with E-state index in [0.29, 0.717) is 5.88 Å². The predicted molar refractivity (Wildman–Crippen MR) is 42.2 cm³/mol. The van der Waals surface area contributed by atoms with Crippen molar-refractivity contribution in [3.8, 4) is 0 Å². The van der Waals surface area contributed by atoms with Crippen LogP contribution in [0.2, 0.25) is 0 Å². The second-order valence-corrected chi connectivity index (χ2v) is 2.41. The van der Waals surface area contributed by atoms with E-state index < -0.39 is 0 Å². The number of nitrogens with zero attached hydrogens (tertiary/aromatic N) is 1. The minimum atomic E-state index is -0.0960. The Kier molecular flexibility index (Phi) is 4.94. The molecule has 0 aliphatic rings. The molecule has 0 aromatic carbocycles. The van der Waals surface area contributed by atoms with Crippen LogP contribution in [-0.4, -0.2) is 18.0 Å². The molecule has 0 radical (unpaired) electrons. The summed E-state index contributed by atoms with van der Waals surface area (Å²) in [4.78, 5) is 10.7. The highest BCUT2D eigenvalue weighted by atomic mass is 35.5. The predicted octanol–water partition coefficient (Wildman–Crippen LogP) is 0.983. The maximum atomic E-state index is 10.7. The first-order chi connectivity index (χ1) is 4.68. The second kappa shape index (κ2) is 5.23. The molecule has 0 rings (SSSR count). The van der Waals surface area contributed by atoms with E-state index in [1.807, 2.05) is 0 Å². The highest BCUT2D eigenvalue weighted by Crippen LogP contribution is 1.89. The van der Waals surface area contributed by atoms with Crippen LogP contribution in [0.1, 0.15) is 13.8 Å². The number of carbonyl (C=O) groups excluding carboxylic acids is 1. The number of carbonyl (C=O) groups is 1. The fourth-order valence-corrected chi connectivity index (χ4v) is 0.342. The van der Waals surface area contributed by atoms with Crippen LogP contribution in [0, 0.1) is 5.92 Å². The molecule has 0 heterocycles. The lowest BCUT2D eigenvalue weighted by Gasteiger charge is -1.99. The van der Waals surface area contributed by atoms with Crippen LogP contribution in [0.4, 0.5) is 0 Å². The Bertz CT molecular complexity index is 134. The molecule has 0 saturated carbocycles. The Morgan fingerprint density at radius 3 is 2.80 bits per heavy atom. The standard InChI is InChI=1S/C6H11ClN2O/c1-5(2)6(10)9-8-4-3-7/h4-5H,3H2,1-2H3,(H,9,10)/b8-4-. The van der Waals surface area contributed by atoms with Gasteiger partial charge in [-0.3, -0.25) is 4.79 Å². The van der Waals surface area contributed by atoms with Gasteiger partial charge in [0, 0.05) is 12.1 Å². The average molecular weight is 163 g/mol. The summed E-state index contributed by atoms with van der Waals surface area (Å²) < 4.78 is 0. The van der Waals surface area contributed by atoms with Gasteiger partial charge < -0.3 is 0 Å². The van der Waals surface area contributed by atoms with Crippen LogP contribution in [0.5, 0.6) is 0 Å². The van der Waals surface area contributed by atoms with E-state index in [-0.39, 0.29) is 11.8 Å². The lowest BCUT2D eigenvalue weighted by molar-refractivity contribution is -0.123. The third-order valence-corrected chi connectivity index (χ3v) is 0.997. The Morgan fingerprint density at radius 2 is 2.40 bits per heavy atom. The van der Waals surface area contributed by atoms with Crippen LogP contribution >= 0.6 is 11.6 Å². The molecule has 0 aliphatic carbocycles. The second-order valence-electron chi connectivity index (χ2n) is 2.10. The Morgan fingerprint density at radius 1 is 1.80 bits per heavy atom. The van der Waals surface area contributed by atoms with Crippen LogP contribution in [-0.2, 0) is 4.79 Å². The van der Waals surface area contributed by atoms with Gasteiger partial charge >= 0.3 is 0 Å². The van der Waals surface area contributed by atoms with Crippen molar-refractivity contribution in [2.24, 2.45) is 11.0 Å². The van der Waals surface area contributed by atoms with Gasteiger partial charge in [-0.25, -0.2) is 5.43 Å². The molecule has 0 bridgehead atoms. The molecular weight excluding hydrogens is 152 g/mol. The summed E-state index contributed by atoms with van der Waals surface area (Å²) in [6.45, 7) is 3.59. The van der Waals surface area contributed by atoms with Crippen LogP contribution in [0.15, 0.2) is 5.10 Å². The van der Waals surface area contributed by atoms with Gasteiger partial charge in [0.05, 0.1) is 5.88 Å². The van der Waals surface area contributed by atoms with Gasteiger partial charge in [0.15, 0.2) is 0 Å². The summed E-state index contributed by atoms with van der Waals surface area (Å²) in [6.07, 6.45) is 1.43. The van der Waals surface area contributed by atoms with Gasteiger partial charge in [0.25, 0.3) is 0 Å². The normalized spacial score (nSPS) is 10.8. The topological polar surface area (TPSA) is 41.5 Å². The van der Waals surface area contributed by atoms with E-state index in [9.17, 15) is 4.79 Å². The van der Waals surface area contributed by atoms with Crippen molar-refractivity contribution >= 4 is 23.7 Å². The van der Waals surface area contributed by atoms with Crippen molar-refractivity contribution in [2.45, 2.75) is 13.8 Å². The molecule has 0 aliphatic heterocycles. The molecule has 0 atom stereocenters. The van der Waals surface area contributed by atoms with Gasteiger partial charge in [-0.1, -0.05) is 13.8 Å². The fraction of sp³-hybridized carbons (Fsp3) is 0.667. The smallest absolute Gasteiger partial charge is 0.242 e. The van der Waals surface area contributed by atoms with Crippen molar-refractivity contribution in [2.75, 3.05) is 5.88 Å². The van der Waals surface area contributed by atoms with Gasteiger partial charge in [0.2, 0.25) is 5.91 Å². The van der Waals surface area contributed by atoms with E-state index in [0.717, 1.165) is 0 Å². The molecule has 1 amide bonds. The minimum Gasteiger partial charge on any atom is -0.273 e. The van der Waals surface area contributed by atoms with Gasteiger partial charge in [-0.05, 0) is 0 Å². The molecule has 0 aromatic rings. The maximum absolute atomic E-state index is 10.7. The number of nitrogens with one attached hydrogen (secondary N) is 1. The highest BCUT2D eigenvalue weighted by Gasteiger charge is 2.02. The molecule has 10 heavy (non-hydrogen) atoms. The first kappa shape index (κ1) is 9.43. The first-order valence-electron chi connectivity index (χ1n) is 3.05. The number of halogens is 1. The molecular formula is C6H11ClN2O. The number of amides is 1. The number of hydrogen-bond donors (Lipinski definition) is 1. The third-order valence-electron chi connectivity index (χ3n) is 0.859. The van der Waals surface area contributed by atoms with Gasteiger partial charge in [-0.2, -0.15) is 5.10 Å². The molecule has 0 saturated heterocycles. The highest BCUT2D eigenvalue weighted by molar-refractivity contribution is 6.24. The Hall–Kier alpha value is -0.570. The molecule has 4 heteroatoms. The van der Waals surface area contributed by atoms with E-state index >= 15 is 0 Å². The van der Waals surface area contributed by atoms with Crippen molar-refractivity contribution in [1.29, 1.82) is 0 Å². The first-order valence-corrected chi connectivity index (χ1v) is 3.59.